The van der Waals surface area contributed by atoms with Crippen LogP contribution < -0.4 is 11.1 Å². The van der Waals surface area contributed by atoms with Gasteiger partial charge < -0.3 is 11.1 Å². The van der Waals surface area contributed by atoms with Crippen molar-refractivity contribution in [3.05, 3.63) is 30.9 Å². The van der Waals surface area contributed by atoms with E-state index in [0.717, 1.165) is 25.7 Å². The van der Waals surface area contributed by atoms with Crippen LogP contribution in [0.25, 0.3) is 5.95 Å². The highest BCUT2D eigenvalue weighted by atomic mass is 16.2. The van der Waals surface area contributed by atoms with Crippen LogP contribution in [0.15, 0.2) is 30.9 Å². The van der Waals surface area contributed by atoms with Crippen LogP contribution in [0.4, 0.5) is 5.69 Å². The molecular formula is C15H20N6O. The van der Waals surface area contributed by atoms with Crippen LogP contribution in [0.1, 0.15) is 32.6 Å². The Morgan fingerprint density at radius 2 is 2.18 bits per heavy atom. The Hall–Kier alpha value is -2.28. The van der Waals surface area contributed by atoms with Crippen molar-refractivity contribution >= 4 is 11.6 Å². The standard InChI is InChI=1S/C15H20N6O/c1-15(16)6-3-2-5-12(15)13(22)20-11-9-19-21(10-11)14-17-7-4-8-18-14/h4,7-10,12H,2-3,5-6,16H2,1H3,(H,20,22). The summed E-state index contributed by atoms with van der Waals surface area (Å²) in [6.45, 7) is 1.96. The Morgan fingerprint density at radius 1 is 1.41 bits per heavy atom. The molecule has 7 heteroatoms. The number of nitrogens with two attached hydrogens (primary N) is 1. The van der Waals surface area contributed by atoms with Crippen molar-refractivity contribution in [2.24, 2.45) is 11.7 Å². The first-order chi connectivity index (χ1) is 10.6. The van der Waals surface area contributed by atoms with Gasteiger partial charge in [-0.1, -0.05) is 12.8 Å². The van der Waals surface area contributed by atoms with Crippen molar-refractivity contribution in [3.8, 4) is 5.95 Å². The van der Waals surface area contributed by atoms with Gasteiger partial charge in [0.1, 0.15) is 0 Å². The molecule has 3 rings (SSSR count). The highest BCUT2D eigenvalue weighted by molar-refractivity contribution is 5.93. The zero-order chi connectivity index (χ0) is 15.6. The van der Waals surface area contributed by atoms with E-state index in [-0.39, 0.29) is 11.8 Å². The first-order valence-electron chi connectivity index (χ1n) is 7.48. The molecule has 2 aromatic rings. The summed E-state index contributed by atoms with van der Waals surface area (Å²) in [4.78, 5) is 20.7. The van der Waals surface area contributed by atoms with Gasteiger partial charge in [0.2, 0.25) is 11.9 Å². The number of hydrogen-bond acceptors (Lipinski definition) is 5. The van der Waals surface area contributed by atoms with Crippen LogP contribution in [0, 0.1) is 5.92 Å². The molecule has 1 saturated carbocycles. The summed E-state index contributed by atoms with van der Waals surface area (Å²) in [7, 11) is 0. The minimum atomic E-state index is -0.444. The largest absolute Gasteiger partial charge is 0.325 e. The summed E-state index contributed by atoms with van der Waals surface area (Å²) in [5.74, 6) is 0.250. The summed E-state index contributed by atoms with van der Waals surface area (Å²) in [5.41, 5.74) is 6.45. The Morgan fingerprint density at radius 3 is 2.91 bits per heavy atom. The normalized spacial score (nSPS) is 24.9. The first kappa shape index (κ1) is 14.6. The Bertz CT molecular complexity index is 651. The lowest BCUT2D eigenvalue weighted by molar-refractivity contribution is -0.122. The third-order valence-corrected chi connectivity index (χ3v) is 4.18. The zero-order valence-electron chi connectivity index (χ0n) is 12.6. The van der Waals surface area contributed by atoms with E-state index in [9.17, 15) is 4.79 Å². The number of hydrogen-bond donors (Lipinski definition) is 2. The first-order valence-corrected chi connectivity index (χ1v) is 7.48. The summed E-state index contributed by atoms with van der Waals surface area (Å²) in [6, 6.07) is 1.74. The molecule has 2 unspecified atom stereocenters. The second-order valence-corrected chi connectivity index (χ2v) is 6.02. The van der Waals surface area contributed by atoms with Crippen molar-refractivity contribution in [1.29, 1.82) is 0 Å². The quantitative estimate of drug-likeness (QED) is 0.895. The van der Waals surface area contributed by atoms with Gasteiger partial charge in [0.25, 0.3) is 0 Å². The van der Waals surface area contributed by atoms with E-state index >= 15 is 0 Å². The van der Waals surface area contributed by atoms with E-state index < -0.39 is 5.54 Å². The minimum Gasteiger partial charge on any atom is -0.325 e. The van der Waals surface area contributed by atoms with E-state index in [2.05, 4.69) is 20.4 Å². The fraction of sp³-hybridized carbons (Fsp3) is 0.467. The van der Waals surface area contributed by atoms with E-state index in [4.69, 9.17) is 5.73 Å². The Labute approximate surface area is 129 Å². The summed E-state index contributed by atoms with van der Waals surface area (Å²) < 4.78 is 1.53. The molecule has 0 radical (unpaired) electrons. The Kier molecular flexibility index (Phi) is 3.89. The van der Waals surface area contributed by atoms with Crippen LogP contribution >= 0.6 is 0 Å². The third kappa shape index (κ3) is 2.99. The molecule has 2 aromatic heterocycles. The SMILES string of the molecule is CC1(N)CCCCC1C(=O)Nc1cnn(-c2ncccn2)c1. The lowest BCUT2D eigenvalue weighted by Crippen LogP contribution is -2.51. The molecule has 2 heterocycles. The number of anilines is 1. The fourth-order valence-corrected chi connectivity index (χ4v) is 2.92. The van der Waals surface area contributed by atoms with Crippen LogP contribution in [0.5, 0.6) is 0 Å². The van der Waals surface area contributed by atoms with Gasteiger partial charge in [0.15, 0.2) is 0 Å². The summed E-state index contributed by atoms with van der Waals surface area (Å²) in [6.07, 6.45) is 10.4. The molecule has 1 fully saturated rings. The van der Waals surface area contributed by atoms with Gasteiger partial charge in [-0.25, -0.2) is 14.6 Å². The van der Waals surface area contributed by atoms with Crippen LogP contribution in [0.2, 0.25) is 0 Å². The molecule has 0 bridgehead atoms. The Balaban J connectivity index is 1.71. The maximum Gasteiger partial charge on any atom is 0.250 e. The molecule has 2 atom stereocenters. The average molecular weight is 300 g/mol. The van der Waals surface area contributed by atoms with Crippen molar-refractivity contribution < 1.29 is 4.79 Å². The third-order valence-electron chi connectivity index (χ3n) is 4.18. The van der Waals surface area contributed by atoms with E-state index in [1.807, 2.05) is 6.92 Å². The number of nitrogens with zero attached hydrogens (tertiary/aromatic N) is 4. The second kappa shape index (κ2) is 5.84. The van der Waals surface area contributed by atoms with E-state index in [1.54, 1.807) is 30.9 Å². The number of rotatable bonds is 3. The van der Waals surface area contributed by atoms with Crippen LogP contribution in [0.3, 0.4) is 0 Å². The van der Waals surface area contributed by atoms with Gasteiger partial charge in [-0.15, -0.1) is 0 Å². The second-order valence-electron chi connectivity index (χ2n) is 6.02. The molecule has 0 spiro atoms. The number of carbonyl (C=O) groups is 1. The number of nitrogens with one attached hydrogen (secondary N) is 1. The van der Waals surface area contributed by atoms with E-state index in [1.165, 1.54) is 4.68 Å². The number of aromatic nitrogens is 4. The molecule has 0 aromatic carbocycles. The van der Waals surface area contributed by atoms with Crippen molar-refractivity contribution in [1.82, 2.24) is 19.7 Å². The van der Waals surface area contributed by atoms with E-state index in [0.29, 0.717) is 11.6 Å². The predicted octanol–water partition coefficient (Wildman–Crippen LogP) is 1.51. The number of carbonyl (C=O) groups excluding carboxylic acids is 1. The van der Waals surface area contributed by atoms with Gasteiger partial charge in [-0.3, -0.25) is 4.79 Å². The summed E-state index contributed by atoms with van der Waals surface area (Å²) >= 11 is 0. The van der Waals surface area contributed by atoms with Crippen LogP contribution in [-0.4, -0.2) is 31.2 Å². The molecule has 1 amide bonds. The maximum atomic E-state index is 12.5. The number of amides is 1. The highest BCUT2D eigenvalue weighted by Crippen LogP contribution is 2.32. The van der Waals surface area contributed by atoms with Gasteiger partial charge in [-0.2, -0.15) is 5.10 Å². The van der Waals surface area contributed by atoms with Gasteiger partial charge >= 0.3 is 0 Å². The molecule has 116 valence electrons. The lowest BCUT2D eigenvalue weighted by Gasteiger charge is -2.37. The topological polar surface area (TPSA) is 98.7 Å². The molecule has 22 heavy (non-hydrogen) atoms. The predicted molar refractivity (Wildman–Crippen MR) is 82.3 cm³/mol. The highest BCUT2D eigenvalue weighted by Gasteiger charge is 2.37. The molecule has 7 nitrogen and oxygen atoms in total. The molecule has 1 aliphatic carbocycles. The van der Waals surface area contributed by atoms with Crippen molar-refractivity contribution in [2.45, 2.75) is 38.1 Å². The molecule has 0 saturated heterocycles. The molecule has 1 aliphatic rings. The van der Waals surface area contributed by atoms with Gasteiger partial charge in [0, 0.05) is 17.9 Å². The molecule has 0 aliphatic heterocycles. The minimum absolute atomic E-state index is 0.0433. The van der Waals surface area contributed by atoms with Crippen molar-refractivity contribution in [2.75, 3.05) is 5.32 Å². The summed E-state index contributed by atoms with van der Waals surface area (Å²) in [5, 5.41) is 7.07. The van der Waals surface area contributed by atoms with Crippen LogP contribution in [-0.2, 0) is 4.79 Å². The van der Waals surface area contributed by atoms with Gasteiger partial charge in [0.05, 0.1) is 24.0 Å². The monoisotopic (exact) mass is 300 g/mol. The zero-order valence-corrected chi connectivity index (χ0v) is 12.6. The van der Waals surface area contributed by atoms with Crippen molar-refractivity contribution in [3.63, 3.8) is 0 Å². The molecular weight excluding hydrogens is 280 g/mol. The maximum absolute atomic E-state index is 12.5. The molecule has 3 N–H and O–H groups in total. The van der Waals surface area contributed by atoms with Gasteiger partial charge in [-0.05, 0) is 25.8 Å². The fourth-order valence-electron chi connectivity index (χ4n) is 2.92. The smallest absolute Gasteiger partial charge is 0.250 e. The average Bonchev–Trinajstić information content (AvgIpc) is 2.96. The lowest BCUT2D eigenvalue weighted by atomic mass is 9.74.